The predicted molar refractivity (Wildman–Crippen MR) is 61.6 cm³/mol. The highest BCUT2D eigenvalue weighted by Crippen LogP contribution is 2.16. The van der Waals surface area contributed by atoms with E-state index < -0.39 is 5.97 Å². The molecule has 3 nitrogen and oxygen atoms in total. The third-order valence-corrected chi connectivity index (χ3v) is 2.28. The molecule has 0 unspecified atom stereocenters. The summed E-state index contributed by atoms with van der Waals surface area (Å²) in [5.41, 5.74) is 0.359. The SMILES string of the molecule is CCCOC(=O)CC(=O)c1ccccc1Cl. The van der Waals surface area contributed by atoms with Gasteiger partial charge in [0.2, 0.25) is 0 Å². The van der Waals surface area contributed by atoms with Crippen LogP contribution in [0.3, 0.4) is 0 Å². The first-order valence-electron chi connectivity index (χ1n) is 5.08. The number of ketones is 1. The topological polar surface area (TPSA) is 43.4 Å². The standard InChI is InChI=1S/C12H13ClO3/c1-2-7-16-12(15)8-11(14)9-5-3-4-6-10(9)13/h3-6H,2,7-8H2,1H3. The first-order valence-corrected chi connectivity index (χ1v) is 5.46. The number of hydrogen-bond acceptors (Lipinski definition) is 3. The summed E-state index contributed by atoms with van der Waals surface area (Å²) >= 11 is 5.83. The van der Waals surface area contributed by atoms with Crippen molar-refractivity contribution >= 4 is 23.4 Å². The summed E-state index contributed by atoms with van der Waals surface area (Å²) in [5.74, 6) is -0.821. The lowest BCUT2D eigenvalue weighted by Crippen LogP contribution is -2.12. The molecular weight excluding hydrogens is 228 g/mol. The molecule has 0 radical (unpaired) electrons. The summed E-state index contributed by atoms with van der Waals surface area (Å²) in [4.78, 5) is 22.9. The largest absolute Gasteiger partial charge is 0.465 e. The van der Waals surface area contributed by atoms with Crippen LogP contribution in [-0.2, 0) is 9.53 Å². The molecule has 0 aliphatic heterocycles. The Labute approximate surface area is 99.4 Å². The van der Waals surface area contributed by atoms with Crippen LogP contribution >= 0.6 is 11.6 Å². The zero-order valence-corrected chi connectivity index (χ0v) is 9.79. The summed E-state index contributed by atoms with van der Waals surface area (Å²) in [6.07, 6.45) is 0.482. The molecule has 0 bridgehead atoms. The Hall–Kier alpha value is -1.35. The number of carbonyl (C=O) groups excluding carboxylic acids is 2. The highest BCUT2D eigenvalue weighted by Gasteiger charge is 2.14. The van der Waals surface area contributed by atoms with Crippen molar-refractivity contribution in [3.63, 3.8) is 0 Å². The molecule has 1 rings (SSSR count). The molecule has 1 aromatic rings. The van der Waals surface area contributed by atoms with Crippen LogP contribution < -0.4 is 0 Å². The lowest BCUT2D eigenvalue weighted by atomic mass is 10.1. The fourth-order valence-electron chi connectivity index (χ4n) is 1.18. The molecule has 0 heterocycles. The van der Waals surface area contributed by atoms with Gasteiger partial charge in [-0.1, -0.05) is 30.7 Å². The predicted octanol–water partition coefficient (Wildman–Crippen LogP) is 2.87. The fourth-order valence-corrected chi connectivity index (χ4v) is 1.42. The van der Waals surface area contributed by atoms with E-state index in [9.17, 15) is 9.59 Å². The van der Waals surface area contributed by atoms with E-state index in [0.29, 0.717) is 17.2 Å². The number of rotatable bonds is 5. The minimum absolute atomic E-state index is 0.260. The molecule has 86 valence electrons. The van der Waals surface area contributed by atoms with Crippen LogP contribution in [0.25, 0.3) is 0 Å². The van der Waals surface area contributed by atoms with E-state index in [4.69, 9.17) is 16.3 Å². The fraction of sp³-hybridized carbons (Fsp3) is 0.333. The third-order valence-electron chi connectivity index (χ3n) is 1.95. The van der Waals surface area contributed by atoms with Gasteiger partial charge in [0, 0.05) is 5.56 Å². The molecule has 0 saturated carbocycles. The van der Waals surface area contributed by atoms with Gasteiger partial charge in [0.25, 0.3) is 0 Å². The van der Waals surface area contributed by atoms with E-state index in [1.165, 1.54) is 0 Å². The van der Waals surface area contributed by atoms with Gasteiger partial charge in [-0.05, 0) is 18.6 Å². The Morgan fingerprint density at radius 3 is 2.62 bits per heavy atom. The first-order chi connectivity index (χ1) is 7.65. The second-order valence-corrected chi connectivity index (χ2v) is 3.71. The maximum absolute atomic E-state index is 11.7. The molecule has 0 fully saturated rings. The van der Waals surface area contributed by atoms with Crippen molar-refractivity contribution in [2.75, 3.05) is 6.61 Å². The quantitative estimate of drug-likeness (QED) is 0.452. The van der Waals surface area contributed by atoms with Crippen molar-refractivity contribution < 1.29 is 14.3 Å². The van der Waals surface area contributed by atoms with Gasteiger partial charge >= 0.3 is 5.97 Å². The van der Waals surface area contributed by atoms with Gasteiger partial charge in [-0.25, -0.2) is 0 Å². The van der Waals surface area contributed by atoms with Crippen molar-refractivity contribution in [3.8, 4) is 0 Å². The van der Waals surface area contributed by atoms with Gasteiger partial charge in [0.05, 0.1) is 11.6 Å². The molecule has 0 aliphatic carbocycles. The number of halogens is 1. The van der Waals surface area contributed by atoms with Gasteiger partial charge in [0.1, 0.15) is 6.42 Å². The number of hydrogen-bond donors (Lipinski definition) is 0. The van der Waals surface area contributed by atoms with Crippen LogP contribution in [0.2, 0.25) is 5.02 Å². The molecule has 16 heavy (non-hydrogen) atoms. The molecule has 0 spiro atoms. The van der Waals surface area contributed by atoms with E-state index in [2.05, 4.69) is 0 Å². The van der Waals surface area contributed by atoms with E-state index in [1.54, 1.807) is 24.3 Å². The molecule has 0 N–H and O–H groups in total. The number of esters is 1. The van der Waals surface area contributed by atoms with E-state index in [0.717, 1.165) is 6.42 Å². The highest BCUT2D eigenvalue weighted by atomic mass is 35.5. The number of ether oxygens (including phenoxy) is 1. The average Bonchev–Trinajstić information content (AvgIpc) is 2.26. The number of benzene rings is 1. The summed E-state index contributed by atoms with van der Waals surface area (Å²) < 4.78 is 4.82. The number of Topliss-reactive ketones (excluding diaryl/α,β-unsaturated/α-hetero) is 1. The van der Waals surface area contributed by atoms with Gasteiger partial charge in [-0.2, -0.15) is 0 Å². The maximum atomic E-state index is 11.7. The Morgan fingerprint density at radius 1 is 1.31 bits per heavy atom. The lowest BCUT2D eigenvalue weighted by molar-refractivity contribution is -0.142. The zero-order valence-electron chi connectivity index (χ0n) is 9.03. The first kappa shape index (κ1) is 12.7. The molecule has 0 saturated heterocycles. The highest BCUT2D eigenvalue weighted by molar-refractivity contribution is 6.34. The van der Waals surface area contributed by atoms with Gasteiger partial charge in [0.15, 0.2) is 5.78 Å². The van der Waals surface area contributed by atoms with Crippen LogP contribution in [0.15, 0.2) is 24.3 Å². The number of carbonyl (C=O) groups is 2. The Morgan fingerprint density at radius 2 is 2.00 bits per heavy atom. The smallest absolute Gasteiger partial charge is 0.313 e. The molecule has 0 aromatic heterocycles. The maximum Gasteiger partial charge on any atom is 0.313 e. The third kappa shape index (κ3) is 3.66. The monoisotopic (exact) mass is 240 g/mol. The summed E-state index contributed by atoms with van der Waals surface area (Å²) in [6.45, 7) is 2.23. The van der Waals surface area contributed by atoms with E-state index in [-0.39, 0.29) is 12.2 Å². The minimum Gasteiger partial charge on any atom is -0.465 e. The van der Waals surface area contributed by atoms with Gasteiger partial charge in [-0.15, -0.1) is 0 Å². The summed E-state index contributed by atoms with van der Waals surface area (Å²) in [6, 6.07) is 6.65. The van der Waals surface area contributed by atoms with Crippen molar-refractivity contribution in [2.24, 2.45) is 0 Å². The van der Waals surface area contributed by atoms with E-state index >= 15 is 0 Å². The van der Waals surface area contributed by atoms with Crippen LogP contribution in [0.1, 0.15) is 30.1 Å². The van der Waals surface area contributed by atoms with Crippen molar-refractivity contribution in [2.45, 2.75) is 19.8 Å². The minimum atomic E-state index is -0.508. The Kier molecular flexibility index (Phi) is 4.99. The second kappa shape index (κ2) is 6.28. The average molecular weight is 241 g/mol. The normalized spacial score (nSPS) is 9.88. The summed E-state index contributed by atoms with van der Waals surface area (Å²) in [5, 5.41) is 0.357. The van der Waals surface area contributed by atoms with Gasteiger partial charge in [-0.3, -0.25) is 9.59 Å². The van der Waals surface area contributed by atoms with Crippen LogP contribution in [0.4, 0.5) is 0 Å². The van der Waals surface area contributed by atoms with Gasteiger partial charge < -0.3 is 4.74 Å². The molecule has 0 aliphatic rings. The molecule has 0 amide bonds. The van der Waals surface area contributed by atoms with Crippen molar-refractivity contribution in [1.82, 2.24) is 0 Å². The molecule has 1 aromatic carbocycles. The summed E-state index contributed by atoms with van der Waals surface area (Å²) in [7, 11) is 0. The molecule has 0 atom stereocenters. The Bertz CT molecular complexity index is 388. The van der Waals surface area contributed by atoms with E-state index in [1.807, 2.05) is 6.92 Å². The Balaban J connectivity index is 2.59. The van der Waals surface area contributed by atoms with Crippen molar-refractivity contribution in [1.29, 1.82) is 0 Å². The second-order valence-electron chi connectivity index (χ2n) is 3.30. The molecular formula is C12H13ClO3. The zero-order chi connectivity index (χ0) is 12.0. The van der Waals surface area contributed by atoms with Crippen molar-refractivity contribution in [3.05, 3.63) is 34.9 Å². The molecule has 4 heteroatoms. The lowest BCUT2D eigenvalue weighted by Gasteiger charge is -2.03. The van der Waals surface area contributed by atoms with Crippen LogP contribution in [0, 0.1) is 0 Å². The van der Waals surface area contributed by atoms with Crippen LogP contribution in [0.5, 0.6) is 0 Å². The van der Waals surface area contributed by atoms with Crippen LogP contribution in [-0.4, -0.2) is 18.4 Å².